The van der Waals surface area contributed by atoms with Crippen molar-refractivity contribution in [2.45, 2.75) is 19.5 Å². The van der Waals surface area contributed by atoms with Crippen molar-refractivity contribution in [2.75, 3.05) is 32.1 Å². The van der Waals surface area contributed by atoms with Gasteiger partial charge in [-0.3, -0.25) is 4.90 Å². The molecule has 5 heteroatoms. The number of thioether (sulfide) groups is 1. The first-order valence-electron chi connectivity index (χ1n) is 5.63. The van der Waals surface area contributed by atoms with Crippen LogP contribution in [-0.4, -0.2) is 46.6 Å². The molecule has 1 rings (SSSR count). The third-order valence-electron chi connectivity index (χ3n) is 2.83. The summed E-state index contributed by atoms with van der Waals surface area (Å²) < 4.78 is 2.16. The molecule has 0 bridgehead atoms. The van der Waals surface area contributed by atoms with Crippen molar-refractivity contribution in [1.82, 2.24) is 14.5 Å². The minimum atomic E-state index is 0.273. The lowest BCUT2D eigenvalue weighted by Crippen LogP contribution is -2.33. The average Bonchev–Trinajstić information content (AvgIpc) is 2.75. The van der Waals surface area contributed by atoms with Gasteiger partial charge in [-0.15, -0.1) is 0 Å². The van der Waals surface area contributed by atoms with E-state index in [-0.39, 0.29) is 6.04 Å². The van der Waals surface area contributed by atoms with E-state index in [1.807, 2.05) is 24.3 Å². The van der Waals surface area contributed by atoms with E-state index >= 15 is 0 Å². The average molecular weight is 242 g/mol. The second kappa shape index (κ2) is 6.93. The summed E-state index contributed by atoms with van der Waals surface area (Å²) in [5.74, 6) is 1.13. The fourth-order valence-corrected chi connectivity index (χ4v) is 2.26. The normalized spacial score (nSPS) is 13.3. The largest absolute Gasteiger partial charge is 0.333 e. The molecule has 0 saturated heterocycles. The Labute approximate surface area is 102 Å². The second-order valence-corrected chi connectivity index (χ2v) is 4.82. The maximum atomic E-state index is 5.87. The van der Waals surface area contributed by atoms with Crippen molar-refractivity contribution < 1.29 is 0 Å². The van der Waals surface area contributed by atoms with E-state index in [4.69, 9.17) is 5.73 Å². The maximum Gasteiger partial charge on any atom is 0.0948 e. The minimum absolute atomic E-state index is 0.273. The zero-order chi connectivity index (χ0) is 12.0. The van der Waals surface area contributed by atoms with Gasteiger partial charge in [-0.1, -0.05) is 0 Å². The van der Waals surface area contributed by atoms with E-state index < -0.39 is 0 Å². The predicted molar refractivity (Wildman–Crippen MR) is 70.7 cm³/mol. The molecule has 1 aromatic rings. The van der Waals surface area contributed by atoms with Crippen LogP contribution in [0.15, 0.2) is 12.5 Å². The Balaban J connectivity index is 2.73. The van der Waals surface area contributed by atoms with Gasteiger partial charge in [0.05, 0.1) is 18.1 Å². The highest BCUT2D eigenvalue weighted by molar-refractivity contribution is 7.98. The summed E-state index contributed by atoms with van der Waals surface area (Å²) in [5, 5.41) is 0. The summed E-state index contributed by atoms with van der Waals surface area (Å²) in [6.45, 7) is 4.76. The molecule has 0 fully saturated rings. The van der Waals surface area contributed by atoms with Crippen molar-refractivity contribution >= 4 is 11.8 Å². The second-order valence-electron chi connectivity index (χ2n) is 3.83. The molecule has 0 spiro atoms. The maximum absolute atomic E-state index is 5.87. The third kappa shape index (κ3) is 3.23. The van der Waals surface area contributed by atoms with E-state index in [2.05, 4.69) is 34.7 Å². The molecule has 0 aromatic carbocycles. The fourth-order valence-electron chi connectivity index (χ4n) is 1.79. The van der Waals surface area contributed by atoms with Gasteiger partial charge in [-0.25, -0.2) is 4.98 Å². The van der Waals surface area contributed by atoms with Gasteiger partial charge in [0.2, 0.25) is 0 Å². The molecular formula is C11H22N4S. The van der Waals surface area contributed by atoms with Crippen LogP contribution in [0.25, 0.3) is 0 Å². The molecule has 1 heterocycles. The number of hydrogen-bond donors (Lipinski definition) is 1. The molecule has 92 valence electrons. The van der Waals surface area contributed by atoms with Crippen molar-refractivity contribution in [3.8, 4) is 0 Å². The first-order valence-corrected chi connectivity index (χ1v) is 7.03. The number of nitrogens with two attached hydrogens (primary N) is 1. The molecule has 0 aliphatic carbocycles. The number of rotatable bonds is 7. The zero-order valence-corrected chi connectivity index (χ0v) is 11.2. The summed E-state index contributed by atoms with van der Waals surface area (Å²) >= 11 is 1.86. The molecule has 0 amide bonds. The predicted octanol–water partition coefficient (Wildman–Crippen LogP) is 1.20. The Morgan fingerprint density at radius 2 is 2.38 bits per heavy atom. The van der Waals surface area contributed by atoms with E-state index in [0.29, 0.717) is 6.54 Å². The monoisotopic (exact) mass is 242 g/mol. The Bertz CT molecular complexity index is 300. The lowest BCUT2D eigenvalue weighted by Gasteiger charge is -2.27. The first-order chi connectivity index (χ1) is 7.74. The van der Waals surface area contributed by atoms with Gasteiger partial charge < -0.3 is 10.3 Å². The Hall–Kier alpha value is -0.520. The van der Waals surface area contributed by atoms with Gasteiger partial charge >= 0.3 is 0 Å². The van der Waals surface area contributed by atoms with Crippen LogP contribution in [0, 0.1) is 0 Å². The lowest BCUT2D eigenvalue weighted by atomic mass is 10.2. The number of imidazole rings is 1. The Morgan fingerprint density at radius 1 is 1.62 bits per heavy atom. The summed E-state index contributed by atoms with van der Waals surface area (Å²) in [5.41, 5.74) is 7.09. The highest BCUT2D eigenvalue weighted by Crippen LogP contribution is 2.18. The van der Waals surface area contributed by atoms with Crippen LogP contribution in [0.5, 0.6) is 0 Å². The van der Waals surface area contributed by atoms with Crippen LogP contribution in [0.3, 0.4) is 0 Å². The summed E-state index contributed by atoms with van der Waals surface area (Å²) in [6, 6.07) is 0.273. The number of hydrogen-bond acceptors (Lipinski definition) is 4. The SMILES string of the molecule is CCn1cncc1C(CN)N(C)CCSC. The summed E-state index contributed by atoms with van der Waals surface area (Å²) in [7, 11) is 2.13. The molecule has 1 atom stereocenters. The fraction of sp³-hybridized carbons (Fsp3) is 0.727. The van der Waals surface area contributed by atoms with Gasteiger partial charge in [0.25, 0.3) is 0 Å². The summed E-state index contributed by atoms with van der Waals surface area (Å²) in [4.78, 5) is 6.51. The van der Waals surface area contributed by atoms with E-state index in [0.717, 1.165) is 18.8 Å². The number of nitrogens with zero attached hydrogens (tertiary/aromatic N) is 3. The Morgan fingerprint density at radius 3 is 2.94 bits per heavy atom. The Kier molecular flexibility index (Phi) is 5.87. The molecule has 16 heavy (non-hydrogen) atoms. The van der Waals surface area contributed by atoms with Crippen molar-refractivity contribution in [3.63, 3.8) is 0 Å². The molecular weight excluding hydrogens is 220 g/mol. The van der Waals surface area contributed by atoms with Gasteiger partial charge in [-0.2, -0.15) is 11.8 Å². The zero-order valence-electron chi connectivity index (χ0n) is 10.4. The molecule has 1 unspecified atom stereocenters. The van der Waals surface area contributed by atoms with Crippen molar-refractivity contribution in [3.05, 3.63) is 18.2 Å². The van der Waals surface area contributed by atoms with Gasteiger partial charge in [-0.05, 0) is 20.2 Å². The quantitative estimate of drug-likeness (QED) is 0.780. The van der Waals surface area contributed by atoms with Crippen molar-refractivity contribution in [2.24, 2.45) is 5.73 Å². The number of likely N-dealkylation sites (N-methyl/N-ethyl adjacent to an activating group) is 1. The highest BCUT2D eigenvalue weighted by atomic mass is 32.2. The topological polar surface area (TPSA) is 47.1 Å². The molecule has 4 nitrogen and oxygen atoms in total. The van der Waals surface area contributed by atoms with E-state index in [1.165, 1.54) is 5.69 Å². The van der Waals surface area contributed by atoms with Crippen molar-refractivity contribution in [1.29, 1.82) is 0 Å². The van der Waals surface area contributed by atoms with Gasteiger partial charge in [0, 0.05) is 31.6 Å². The number of aryl methyl sites for hydroxylation is 1. The summed E-state index contributed by atoms with van der Waals surface area (Å²) in [6.07, 6.45) is 5.93. The van der Waals surface area contributed by atoms with Crippen LogP contribution in [-0.2, 0) is 6.54 Å². The third-order valence-corrected chi connectivity index (χ3v) is 3.42. The first kappa shape index (κ1) is 13.5. The molecule has 0 aliphatic heterocycles. The van der Waals surface area contributed by atoms with Gasteiger partial charge in [0.15, 0.2) is 0 Å². The minimum Gasteiger partial charge on any atom is -0.333 e. The van der Waals surface area contributed by atoms with Crippen LogP contribution >= 0.6 is 11.8 Å². The standard InChI is InChI=1S/C11H22N4S/c1-4-15-9-13-8-11(15)10(7-12)14(2)5-6-16-3/h8-10H,4-7,12H2,1-3H3. The van der Waals surface area contributed by atoms with Crippen LogP contribution in [0.1, 0.15) is 18.7 Å². The molecule has 0 aliphatic rings. The van der Waals surface area contributed by atoms with Crippen LogP contribution in [0.2, 0.25) is 0 Å². The lowest BCUT2D eigenvalue weighted by molar-refractivity contribution is 0.255. The van der Waals surface area contributed by atoms with Crippen LogP contribution < -0.4 is 5.73 Å². The van der Waals surface area contributed by atoms with E-state index in [9.17, 15) is 0 Å². The van der Waals surface area contributed by atoms with Gasteiger partial charge in [0.1, 0.15) is 0 Å². The number of aromatic nitrogens is 2. The smallest absolute Gasteiger partial charge is 0.0948 e. The van der Waals surface area contributed by atoms with Crippen LogP contribution in [0.4, 0.5) is 0 Å². The molecule has 2 N–H and O–H groups in total. The molecule has 0 saturated carbocycles. The molecule has 0 radical (unpaired) electrons. The highest BCUT2D eigenvalue weighted by Gasteiger charge is 2.18. The molecule has 1 aromatic heterocycles. The van der Waals surface area contributed by atoms with E-state index in [1.54, 1.807) is 0 Å².